The van der Waals surface area contributed by atoms with Gasteiger partial charge in [0, 0.05) is 5.75 Å². The predicted octanol–water partition coefficient (Wildman–Crippen LogP) is 2.42. The van der Waals surface area contributed by atoms with Gasteiger partial charge in [-0.25, -0.2) is 4.99 Å². The van der Waals surface area contributed by atoms with E-state index in [-0.39, 0.29) is 0 Å². The molecule has 1 aromatic rings. The Hall–Kier alpha value is -1.00. The predicted molar refractivity (Wildman–Crippen MR) is 75.2 cm³/mol. The fourth-order valence-corrected chi connectivity index (χ4v) is 2.41. The Balaban J connectivity index is 1.83. The van der Waals surface area contributed by atoms with Crippen molar-refractivity contribution in [2.24, 2.45) is 4.99 Å². The summed E-state index contributed by atoms with van der Waals surface area (Å²) in [7, 11) is 0. The van der Waals surface area contributed by atoms with Crippen molar-refractivity contribution in [3.63, 3.8) is 0 Å². The minimum Gasteiger partial charge on any atom is -0.352 e. The Morgan fingerprint density at radius 1 is 1.35 bits per heavy atom. The van der Waals surface area contributed by atoms with Crippen molar-refractivity contribution < 1.29 is 0 Å². The molecule has 0 radical (unpaired) electrons. The quantitative estimate of drug-likeness (QED) is 0.891. The van der Waals surface area contributed by atoms with Crippen LogP contribution in [0, 0.1) is 6.92 Å². The van der Waals surface area contributed by atoms with Crippen LogP contribution in [0.25, 0.3) is 0 Å². The summed E-state index contributed by atoms with van der Waals surface area (Å²) in [6.45, 7) is 7.05. The zero-order valence-electron chi connectivity index (χ0n) is 10.4. The summed E-state index contributed by atoms with van der Waals surface area (Å²) >= 11 is 1.78. The number of nitrogens with zero attached hydrogens (tertiary/aromatic N) is 2. The van der Waals surface area contributed by atoms with Crippen LogP contribution in [0.4, 0.5) is 0 Å². The molecule has 0 amide bonds. The number of thioether (sulfide) groups is 1. The Morgan fingerprint density at radius 3 is 2.71 bits per heavy atom. The summed E-state index contributed by atoms with van der Waals surface area (Å²) in [6.07, 6.45) is 0. The van der Waals surface area contributed by atoms with E-state index in [1.54, 1.807) is 11.8 Å². The maximum absolute atomic E-state index is 4.51. The average Bonchev–Trinajstić information content (AvgIpc) is 2.39. The minimum absolute atomic E-state index is 0.819. The summed E-state index contributed by atoms with van der Waals surface area (Å²) in [5.74, 6) is 0.984. The molecule has 1 aliphatic rings. The first-order valence-electron chi connectivity index (χ1n) is 5.97. The van der Waals surface area contributed by atoms with E-state index in [9.17, 15) is 0 Å². The molecule has 0 atom stereocenters. The molecule has 0 saturated heterocycles. The van der Waals surface area contributed by atoms with Crippen molar-refractivity contribution in [1.82, 2.24) is 10.2 Å². The van der Waals surface area contributed by atoms with Crippen LogP contribution in [0.15, 0.2) is 29.3 Å². The van der Waals surface area contributed by atoms with Gasteiger partial charge in [-0.2, -0.15) is 0 Å². The molecule has 0 bridgehead atoms. The van der Waals surface area contributed by atoms with Crippen molar-refractivity contribution in [2.75, 3.05) is 19.9 Å². The summed E-state index contributed by atoms with van der Waals surface area (Å²) < 4.78 is 0. The molecule has 0 saturated carbocycles. The molecule has 1 heterocycles. The van der Waals surface area contributed by atoms with Crippen molar-refractivity contribution in [3.05, 3.63) is 35.4 Å². The van der Waals surface area contributed by atoms with Gasteiger partial charge >= 0.3 is 0 Å². The van der Waals surface area contributed by atoms with Crippen LogP contribution in [-0.4, -0.2) is 29.9 Å². The van der Waals surface area contributed by atoms with Crippen LogP contribution in [0.5, 0.6) is 0 Å². The molecular weight excluding hydrogens is 230 g/mol. The van der Waals surface area contributed by atoms with Crippen molar-refractivity contribution in [2.45, 2.75) is 19.6 Å². The lowest BCUT2D eigenvalue weighted by Crippen LogP contribution is -2.41. The highest BCUT2D eigenvalue weighted by Gasteiger charge is 2.10. The SMILES string of the molecule is CCN1CN=C(SCc2ccc(C)cc2)NC1. The second kappa shape index (κ2) is 6.07. The lowest BCUT2D eigenvalue weighted by atomic mass is 10.2. The van der Waals surface area contributed by atoms with Gasteiger partial charge in [0.1, 0.15) is 0 Å². The second-order valence-electron chi connectivity index (χ2n) is 4.20. The van der Waals surface area contributed by atoms with Crippen LogP contribution in [-0.2, 0) is 5.75 Å². The molecule has 0 spiro atoms. The van der Waals surface area contributed by atoms with Crippen molar-refractivity contribution in [1.29, 1.82) is 0 Å². The van der Waals surface area contributed by atoms with E-state index in [0.29, 0.717) is 0 Å². The third-order valence-electron chi connectivity index (χ3n) is 2.81. The van der Waals surface area contributed by atoms with E-state index in [0.717, 1.165) is 30.8 Å². The topological polar surface area (TPSA) is 27.6 Å². The zero-order valence-corrected chi connectivity index (χ0v) is 11.3. The Bertz CT molecular complexity index is 386. The van der Waals surface area contributed by atoms with Gasteiger partial charge in [-0.1, -0.05) is 48.5 Å². The maximum Gasteiger partial charge on any atom is 0.159 e. The maximum atomic E-state index is 4.51. The third-order valence-corrected chi connectivity index (χ3v) is 3.84. The molecule has 92 valence electrons. The summed E-state index contributed by atoms with van der Waals surface area (Å²) in [5, 5.41) is 4.41. The van der Waals surface area contributed by atoms with Crippen molar-refractivity contribution in [3.8, 4) is 0 Å². The number of aryl methyl sites for hydroxylation is 1. The summed E-state index contributed by atoms with van der Waals surface area (Å²) in [4.78, 5) is 6.77. The summed E-state index contributed by atoms with van der Waals surface area (Å²) in [6, 6.07) is 8.68. The van der Waals surface area contributed by atoms with E-state index >= 15 is 0 Å². The molecule has 4 heteroatoms. The molecule has 3 nitrogen and oxygen atoms in total. The molecule has 0 fully saturated rings. The average molecular weight is 249 g/mol. The van der Waals surface area contributed by atoms with Gasteiger partial charge < -0.3 is 5.32 Å². The van der Waals surface area contributed by atoms with Gasteiger partial charge in [0.05, 0.1) is 13.3 Å². The number of nitrogens with one attached hydrogen (secondary N) is 1. The highest BCUT2D eigenvalue weighted by molar-refractivity contribution is 8.13. The second-order valence-corrected chi connectivity index (χ2v) is 5.16. The fraction of sp³-hybridized carbons (Fsp3) is 0.462. The third kappa shape index (κ3) is 3.75. The molecule has 2 rings (SSSR count). The van der Waals surface area contributed by atoms with Gasteiger partial charge in [0.15, 0.2) is 5.17 Å². The van der Waals surface area contributed by atoms with Crippen LogP contribution < -0.4 is 5.32 Å². The van der Waals surface area contributed by atoms with Crippen molar-refractivity contribution >= 4 is 16.9 Å². The monoisotopic (exact) mass is 249 g/mol. The number of hydrogen-bond acceptors (Lipinski definition) is 4. The normalized spacial score (nSPS) is 16.5. The van der Waals surface area contributed by atoms with E-state index in [1.165, 1.54) is 11.1 Å². The Kier molecular flexibility index (Phi) is 4.45. The lowest BCUT2D eigenvalue weighted by molar-refractivity contribution is 0.281. The standard InChI is InChI=1S/C13H19N3S/c1-3-16-9-14-13(15-10-16)17-8-12-6-4-11(2)5-7-12/h4-7H,3,8-10H2,1-2H3,(H,14,15). The first kappa shape index (κ1) is 12.5. The molecule has 0 aromatic heterocycles. The molecule has 0 aliphatic carbocycles. The zero-order chi connectivity index (χ0) is 12.1. The van der Waals surface area contributed by atoms with Crippen LogP contribution in [0.3, 0.4) is 0 Å². The van der Waals surface area contributed by atoms with E-state index < -0.39 is 0 Å². The van der Waals surface area contributed by atoms with Gasteiger partial charge in [-0.15, -0.1) is 0 Å². The van der Waals surface area contributed by atoms with Gasteiger partial charge in [-0.3, -0.25) is 4.90 Å². The van der Waals surface area contributed by atoms with E-state index in [4.69, 9.17) is 0 Å². The van der Waals surface area contributed by atoms with Crippen LogP contribution in [0.2, 0.25) is 0 Å². The first-order chi connectivity index (χ1) is 8.28. The van der Waals surface area contributed by atoms with Crippen LogP contribution >= 0.6 is 11.8 Å². The number of amidine groups is 1. The molecule has 1 aromatic carbocycles. The van der Waals surface area contributed by atoms with Gasteiger partial charge in [0.2, 0.25) is 0 Å². The fourth-order valence-electron chi connectivity index (χ4n) is 1.59. The first-order valence-corrected chi connectivity index (χ1v) is 6.95. The van der Waals surface area contributed by atoms with Crippen LogP contribution in [0.1, 0.15) is 18.1 Å². The Morgan fingerprint density at radius 2 is 2.12 bits per heavy atom. The largest absolute Gasteiger partial charge is 0.352 e. The van der Waals surface area contributed by atoms with Gasteiger partial charge in [0.25, 0.3) is 0 Å². The molecule has 17 heavy (non-hydrogen) atoms. The lowest BCUT2D eigenvalue weighted by Gasteiger charge is -2.24. The Labute approximate surface area is 107 Å². The van der Waals surface area contributed by atoms with E-state index in [2.05, 4.69) is 53.3 Å². The highest BCUT2D eigenvalue weighted by atomic mass is 32.2. The number of aliphatic imine (C=N–C) groups is 1. The number of rotatable bonds is 3. The highest BCUT2D eigenvalue weighted by Crippen LogP contribution is 2.15. The minimum atomic E-state index is 0.819. The summed E-state index contributed by atoms with van der Waals surface area (Å²) in [5.41, 5.74) is 2.66. The molecule has 0 unspecified atom stereocenters. The number of hydrogen-bond donors (Lipinski definition) is 1. The molecular formula is C13H19N3S. The number of benzene rings is 1. The van der Waals surface area contributed by atoms with E-state index in [1.807, 2.05) is 0 Å². The molecule has 1 aliphatic heterocycles. The smallest absolute Gasteiger partial charge is 0.159 e. The molecule has 1 N–H and O–H groups in total. The van der Waals surface area contributed by atoms with Gasteiger partial charge in [-0.05, 0) is 19.0 Å².